The molecule has 3 N–H and O–H groups in total. The summed E-state index contributed by atoms with van der Waals surface area (Å²) in [6.07, 6.45) is 0. The van der Waals surface area contributed by atoms with E-state index < -0.39 is 13.4 Å². The third-order valence-corrected chi connectivity index (χ3v) is 0. The van der Waals surface area contributed by atoms with Gasteiger partial charge in [0.05, 0.1) is 0 Å². The van der Waals surface area contributed by atoms with Crippen molar-refractivity contribution in [2.75, 3.05) is 0 Å². The van der Waals surface area contributed by atoms with E-state index in [0.717, 1.165) is 0 Å². The molecule has 0 radical (unpaired) electrons. The van der Waals surface area contributed by atoms with Crippen molar-refractivity contribution in [1.82, 2.24) is 0 Å². The second-order valence-electron chi connectivity index (χ2n) is 0.396. The van der Waals surface area contributed by atoms with Crippen molar-refractivity contribution < 1.29 is 53.8 Å². The SMILES string of the molecule is O.[Li+].[O]=[Mn](=[O])([O-])[OH]. The topological polar surface area (TPSA) is 109 Å². The fourth-order valence-electron chi connectivity index (χ4n) is 0. The van der Waals surface area contributed by atoms with Crippen LogP contribution in [0.2, 0.25) is 0 Å². The Kier molecular flexibility index (Phi) is 10.6. The monoisotopic (exact) mass is 145 g/mol. The summed E-state index contributed by atoms with van der Waals surface area (Å²) in [4.78, 5) is 0. The molecule has 7 heteroatoms. The van der Waals surface area contributed by atoms with Gasteiger partial charge in [0.1, 0.15) is 0 Å². The van der Waals surface area contributed by atoms with E-state index in [9.17, 15) is 0 Å². The van der Waals surface area contributed by atoms with Crippen molar-refractivity contribution in [3.05, 3.63) is 0 Å². The van der Waals surface area contributed by atoms with E-state index in [2.05, 4.69) is 0 Å². The van der Waals surface area contributed by atoms with Crippen LogP contribution in [0.1, 0.15) is 0 Å². The van der Waals surface area contributed by atoms with Crippen molar-refractivity contribution in [1.29, 1.82) is 0 Å². The molecule has 0 fully saturated rings. The first-order chi connectivity index (χ1) is 2.00. The first-order valence-corrected chi connectivity index (χ1v) is 2.61. The van der Waals surface area contributed by atoms with Crippen LogP contribution in [0, 0.1) is 0 Å². The average molecular weight is 145 g/mol. The Balaban J connectivity index is -0.0000000800. The molecule has 0 aliphatic carbocycles. The molecule has 7 heavy (non-hydrogen) atoms. The fraction of sp³-hybridized carbons (Fsp3) is 0. The average Bonchev–Trinajstić information content (AvgIpc) is 0.722. The van der Waals surface area contributed by atoms with E-state index in [-0.39, 0.29) is 24.3 Å². The van der Waals surface area contributed by atoms with Gasteiger partial charge >= 0.3 is 48.3 Å². The summed E-state index contributed by atoms with van der Waals surface area (Å²) in [6.45, 7) is 0. The van der Waals surface area contributed by atoms with Crippen LogP contribution in [-0.4, -0.2) is 9.67 Å². The molecule has 0 aromatic rings. The summed E-state index contributed by atoms with van der Waals surface area (Å²) in [5.74, 6) is 0. The zero-order chi connectivity index (χ0) is 4.50. The summed E-state index contributed by atoms with van der Waals surface area (Å²) < 4.78 is 33.1. The molecule has 0 bridgehead atoms. The van der Waals surface area contributed by atoms with Crippen LogP contribution in [0.25, 0.3) is 0 Å². The third-order valence-electron chi connectivity index (χ3n) is 0. The number of hydrogen-bond acceptors (Lipinski definition) is 3. The number of hydrogen-bond donors (Lipinski definition) is 1. The Labute approximate surface area is 54.1 Å². The van der Waals surface area contributed by atoms with Crippen molar-refractivity contribution in [2.45, 2.75) is 0 Å². The summed E-state index contributed by atoms with van der Waals surface area (Å²) in [7, 11) is 0. The van der Waals surface area contributed by atoms with Crippen LogP contribution in [0.4, 0.5) is 0 Å². The van der Waals surface area contributed by atoms with E-state index >= 15 is 0 Å². The van der Waals surface area contributed by atoms with Gasteiger partial charge in [-0.05, 0) is 0 Å². The third kappa shape index (κ3) is 391. The maximum absolute atomic E-state index is 8.69. The van der Waals surface area contributed by atoms with E-state index in [1.165, 1.54) is 0 Å². The van der Waals surface area contributed by atoms with Crippen LogP contribution in [0.15, 0.2) is 0 Å². The van der Waals surface area contributed by atoms with E-state index in [1.54, 1.807) is 0 Å². The van der Waals surface area contributed by atoms with Gasteiger partial charge in [0, 0.05) is 0 Å². The van der Waals surface area contributed by atoms with Gasteiger partial charge < -0.3 is 5.48 Å². The van der Waals surface area contributed by atoms with Gasteiger partial charge in [-0.15, -0.1) is 0 Å². The molecule has 0 aliphatic heterocycles. The summed E-state index contributed by atoms with van der Waals surface area (Å²) in [6, 6.07) is 0. The van der Waals surface area contributed by atoms with Crippen molar-refractivity contribution in [3.63, 3.8) is 0 Å². The van der Waals surface area contributed by atoms with Crippen LogP contribution in [0.3, 0.4) is 0 Å². The minimum atomic E-state index is -5.38. The summed E-state index contributed by atoms with van der Waals surface area (Å²) in [5, 5.41) is 0. The first kappa shape index (κ1) is 15.6. The summed E-state index contributed by atoms with van der Waals surface area (Å²) >= 11 is -5.38. The predicted molar refractivity (Wildman–Crippen MR) is 7.21 cm³/mol. The Morgan fingerprint density at radius 3 is 1.43 bits per heavy atom. The molecule has 0 spiro atoms. The molecule has 0 atom stereocenters. The molecule has 0 heterocycles. The molecule has 5 nitrogen and oxygen atoms in total. The van der Waals surface area contributed by atoms with Gasteiger partial charge in [0.15, 0.2) is 0 Å². The first-order valence-electron chi connectivity index (χ1n) is 0.632. The Morgan fingerprint density at radius 1 is 1.43 bits per heavy atom. The zero-order valence-corrected chi connectivity index (χ0v) is 4.73. The summed E-state index contributed by atoms with van der Waals surface area (Å²) in [5.41, 5.74) is 0. The Hall–Kier alpha value is 0.597. The number of rotatable bonds is 0. The second kappa shape index (κ2) is 4.75. The quantitative estimate of drug-likeness (QED) is 0.342. The van der Waals surface area contributed by atoms with Crippen LogP contribution in [0.5, 0.6) is 0 Å². The standard InChI is InChI=1S/Li.Mn.2H2O.3O/h;;2*1H2;;;/q2*+1;;;;;-1/p-1. The maximum atomic E-state index is 8.69. The molecular weight excluding hydrogens is 142 g/mol. The Morgan fingerprint density at radius 2 is 1.43 bits per heavy atom. The molecule has 0 saturated carbocycles. The molecule has 0 aromatic heterocycles. The fourth-order valence-corrected chi connectivity index (χ4v) is 0. The van der Waals surface area contributed by atoms with Gasteiger partial charge in [-0.25, -0.2) is 0 Å². The van der Waals surface area contributed by atoms with E-state index in [0.29, 0.717) is 0 Å². The van der Waals surface area contributed by atoms with Crippen LogP contribution >= 0.6 is 0 Å². The zero-order valence-electron chi connectivity index (χ0n) is 3.55. The minimum absolute atomic E-state index is 0. The normalized spacial score (nSPS) is 8.29. The molecular formula is H3LiMnO5. The van der Waals surface area contributed by atoms with Gasteiger partial charge in [-0.2, -0.15) is 0 Å². The molecule has 0 unspecified atom stereocenters. The van der Waals surface area contributed by atoms with Crippen LogP contribution in [-0.2, 0) is 21.0 Å². The van der Waals surface area contributed by atoms with Gasteiger partial charge in [0.2, 0.25) is 0 Å². The molecule has 0 aromatic carbocycles. The van der Waals surface area contributed by atoms with Gasteiger partial charge in [-0.3, -0.25) is 0 Å². The molecule has 41 valence electrons. The van der Waals surface area contributed by atoms with Crippen molar-refractivity contribution in [2.24, 2.45) is 0 Å². The molecule has 0 amide bonds. The van der Waals surface area contributed by atoms with Crippen molar-refractivity contribution >= 4 is 0 Å². The van der Waals surface area contributed by atoms with Crippen LogP contribution < -0.4 is 23.0 Å². The van der Waals surface area contributed by atoms with E-state index in [1.807, 2.05) is 0 Å². The van der Waals surface area contributed by atoms with Gasteiger partial charge in [-0.1, -0.05) is 0 Å². The molecule has 0 rings (SSSR count). The van der Waals surface area contributed by atoms with E-state index in [4.69, 9.17) is 16.0 Å². The van der Waals surface area contributed by atoms with Crippen molar-refractivity contribution in [3.8, 4) is 0 Å². The second-order valence-corrected chi connectivity index (χ2v) is 1.63. The molecule has 0 saturated heterocycles. The Bertz CT molecular complexity index is 91.2. The molecule has 0 aliphatic rings. The van der Waals surface area contributed by atoms with Gasteiger partial charge in [0.25, 0.3) is 0 Å². The predicted octanol–water partition coefficient (Wildman–Crippen LogP) is -5.81.